The van der Waals surface area contributed by atoms with Crippen molar-refractivity contribution in [1.29, 1.82) is 0 Å². The molecule has 1 amide bonds. The zero-order valence-corrected chi connectivity index (χ0v) is 15.6. The Labute approximate surface area is 149 Å². The summed E-state index contributed by atoms with van der Waals surface area (Å²) in [7, 11) is -3.81. The molecule has 0 saturated heterocycles. The fourth-order valence-corrected chi connectivity index (χ4v) is 4.88. The van der Waals surface area contributed by atoms with Crippen LogP contribution in [0.5, 0.6) is 0 Å². The molecule has 0 unspecified atom stereocenters. The van der Waals surface area contributed by atoms with Crippen LogP contribution in [-0.4, -0.2) is 31.7 Å². The summed E-state index contributed by atoms with van der Waals surface area (Å²) >= 11 is 0. The molecule has 25 heavy (non-hydrogen) atoms. The Bertz CT molecular complexity index is 838. The molecule has 5 nitrogen and oxygen atoms in total. The number of nitrogens with zero attached hydrogens (tertiary/aromatic N) is 1. The normalized spacial score (nSPS) is 11.7. The minimum atomic E-state index is -3.81. The topological polar surface area (TPSA) is 80.5 Å². The van der Waals surface area contributed by atoms with Gasteiger partial charge >= 0.3 is 0 Å². The van der Waals surface area contributed by atoms with E-state index in [4.69, 9.17) is 5.73 Å². The highest BCUT2D eigenvalue weighted by atomic mass is 32.2. The van der Waals surface area contributed by atoms with Crippen molar-refractivity contribution in [1.82, 2.24) is 4.31 Å². The van der Waals surface area contributed by atoms with E-state index >= 15 is 0 Å². The Kier molecular flexibility index (Phi) is 5.98. The predicted octanol–water partition coefficient (Wildman–Crippen LogP) is 2.33. The zero-order chi connectivity index (χ0) is 18.6. The molecule has 0 aliphatic carbocycles. The molecule has 0 bridgehead atoms. The van der Waals surface area contributed by atoms with Crippen LogP contribution in [0.25, 0.3) is 0 Å². The second kappa shape index (κ2) is 7.80. The minimum Gasteiger partial charge on any atom is -0.369 e. The smallest absolute Gasteiger partial charge is 0.244 e. The van der Waals surface area contributed by atoms with E-state index in [1.807, 2.05) is 49.4 Å². The zero-order valence-electron chi connectivity index (χ0n) is 14.8. The number of aryl methyl sites for hydroxylation is 3. The van der Waals surface area contributed by atoms with Gasteiger partial charge in [-0.15, -0.1) is 0 Å². The monoisotopic (exact) mass is 360 g/mol. The van der Waals surface area contributed by atoms with E-state index in [1.165, 1.54) is 4.31 Å². The third kappa shape index (κ3) is 4.67. The van der Waals surface area contributed by atoms with Gasteiger partial charge in [-0.1, -0.05) is 48.0 Å². The lowest BCUT2D eigenvalue weighted by molar-refractivity contribution is -0.118. The Morgan fingerprint density at radius 1 is 1.04 bits per heavy atom. The van der Waals surface area contributed by atoms with Gasteiger partial charge in [0.05, 0.1) is 11.4 Å². The van der Waals surface area contributed by atoms with Crippen molar-refractivity contribution in [2.45, 2.75) is 32.1 Å². The Balaban J connectivity index is 2.37. The Morgan fingerprint density at radius 3 is 2.12 bits per heavy atom. The molecule has 0 aliphatic rings. The van der Waals surface area contributed by atoms with Crippen molar-refractivity contribution in [3.8, 4) is 0 Å². The minimum absolute atomic E-state index is 0.196. The third-order valence-corrected chi connectivity index (χ3v) is 6.18. The van der Waals surface area contributed by atoms with E-state index in [0.29, 0.717) is 17.5 Å². The van der Waals surface area contributed by atoms with Gasteiger partial charge in [-0.2, -0.15) is 4.31 Å². The van der Waals surface area contributed by atoms with Gasteiger partial charge in [0.2, 0.25) is 15.9 Å². The van der Waals surface area contributed by atoms with Gasteiger partial charge in [-0.3, -0.25) is 4.79 Å². The van der Waals surface area contributed by atoms with Crippen LogP contribution in [0.3, 0.4) is 0 Å². The van der Waals surface area contributed by atoms with Gasteiger partial charge in [-0.25, -0.2) is 8.42 Å². The van der Waals surface area contributed by atoms with Crippen LogP contribution in [0, 0.1) is 20.8 Å². The standard InChI is InChI=1S/C19H24N2O3S/c1-14-11-15(2)19(16(3)12-14)25(23,24)21(13-18(20)22)10-9-17-7-5-4-6-8-17/h4-8,11-12H,9-10,13H2,1-3H3,(H2,20,22). The molecule has 6 heteroatoms. The van der Waals surface area contributed by atoms with Crippen molar-refractivity contribution >= 4 is 15.9 Å². The van der Waals surface area contributed by atoms with E-state index < -0.39 is 15.9 Å². The van der Waals surface area contributed by atoms with Crippen LogP contribution >= 0.6 is 0 Å². The molecule has 0 atom stereocenters. The molecular weight excluding hydrogens is 336 g/mol. The van der Waals surface area contributed by atoms with Gasteiger partial charge < -0.3 is 5.73 Å². The van der Waals surface area contributed by atoms with Crippen molar-refractivity contribution in [3.05, 3.63) is 64.7 Å². The van der Waals surface area contributed by atoms with Crippen molar-refractivity contribution in [2.24, 2.45) is 5.73 Å². The molecule has 2 N–H and O–H groups in total. The molecule has 0 saturated carbocycles. The molecule has 2 aromatic rings. The molecular formula is C19H24N2O3S. The first-order chi connectivity index (χ1) is 11.7. The third-order valence-electron chi connectivity index (χ3n) is 4.03. The average molecular weight is 360 g/mol. The van der Waals surface area contributed by atoms with Crippen LogP contribution in [0.1, 0.15) is 22.3 Å². The summed E-state index contributed by atoms with van der Waals surface area (Å²) < 4.78 is 27.5. The molecule has 2 rings (SSSR count). The molecule has 0 spiro atoms. The first kappa shape index (κ1) is 19.1. The van der Waals surface area contributed by atoms with Gasteiger partial charge in [-0.05, 0) is 43.9 Å². The number of benzene rings is 2. The van der Waals surface area contributed by atoms with E-state index in [1.54, 1.807) is 13.8 Å². The highest BCUT2D eigenvalue weighted by Gasteiger charge is 2.28. The summed E-state index contributed by atoms with van der Waals surface area (Å²) in [4.78, 5) is 11.7. The molecule has 0 fully saturated rings. The van der Waals surface area contributed by atoms with E-state index in [0.717, 1.165) is 11.1 Å². The molecule has 0 aromatic heterocycles. The number of primary amides is 1. The Morgan fingerprint density at radius 2 is 1.60 bits per heavy atom. The molecule has 2 aromatic carbocycles. The summed E-state index contributed by atoms with van der Waals surface area (Å²) in [6.07, 6.45) is 0.511. The summed E-state index contributed by atoms with van der Waals surface area (Å²) in [5.74, 6) is -0.668. The number of amides is 1. The van der Waals surface area contributed by atoms with Crippen LogP contribution in [-0.2, 0) is 21.2 Å². The lowest BCUT2D eigenvalue weighted by Gasteiger charge is -2.23. The van der Waals surface area contributed by atoms with Crippen molar-refractivity contribution in [3.63, 3.8) is 0 Å². The number of nitrogens with two attached hydrogens (primary N) is 1. The van der Waals surface area contributed by atoms with Crippen molar-refractivity contribution < 1.29 is 13.2 Å². The quantitative estimate of drug-likeness (QED) is 0.823. The SMILES string of the molecule is Cc1cc(C)c(S(=O)(=O)N(CCc2ccccc2)CC(N)=O)c(C)c1. The van der Waals surface area contributed by atoms with Crippen LogP contribution in [0.2, 0.25) is 0 Å². The largest absolute Gasteiger partial charge is 0.369 e. The average Bonchev–Trinajstić information content (AvgIpc) is 2.50. The molecule has 0 radical (unpaired) electrons. The molecule has 0 heterocycles. The number of carbonyl (C=O) groups is 1. The van der Waals surface area contributed by atoms with Crippen LogP contribution in [0.15, 0.2) is 47.4 Å². The number of hydrogen-bond acceptors (Lipinski definition) is 3. The van der Waals surface area contributed by atoms with Gasteiger partial charge in [0.25, 0.3) is 0 Å². The van der Waals surface area contributed by atoms with Gasteiger partial charge in [0.15, 0.2) is 0 Å². The molecule has 0 aliphatic heterocycles. The highest BCUT2D eigenvalue weighted by Crippen LogP contribution is 2.25. The Hall–Kier alpha value is -2.18. The maximum Gasteiger partial charge on any atom is 0.244 e. The lowest BCUT2D eigenvalue weighted by atomic mass is 10.1. The summed E-state index contributed by atoms with van der Waals surface area (Å²) in [6, 6.07) is 13.2. The number of hydrogen-bond donors (Lipinski definition) is 1. The van der Waals surface area contributed by atoms with Crippen LogP contribution in [0.4, 0.5) is 0 Å². The number of rotatable bonds is 7. The maximum absolute atomic E-state index is 13.2. The van der Waals surface area contributed by atoms with Gasteiger partial charge in [0, 0.05) is 6.54 Å². The summed E-state index contributed by atoms with van der Waals surface area (Å²) in [5.41, 5.74) is 8.64. The summed E-state index contributed by atoms with van der Waals surface area (Å²) in [5, 5.41) is 0. The maximum atomic E-state index is 13.2. The highest BCUT2D eigenvalue weighted by molar-refractivity contribution is 7.89. The number of sulfonamides is 1. The van der Waals surface area contributed by atoms with E-state index in [2.05, 4.69) is 0 Å². The first-order valence-electron chi connectivity index (χ1n) is 8.12. The van der Waals surface area contributed by atoms with Crippen LogP contribution < -0.4 is 5.73 Å². The number of carbonyl (C=O) groups excluding carboxylic acids is 1. The van der Waals surface area contributed by atoms with Gasteiger partial charge in [0.1, 0.15) is 0 Å². The molecule has 134 valence electrons. The lowest BCUT2D eigenvalue weighted by Crippen LogP contribution is -2.40. The summed E-state index contributed by atoms with van der Waals surface area (Å²) in [6.45, 7) is 5.33. The predicted molar refractivity (Wildman–Crippen MR) is 98.8 cm³/mol. The second-order valence-corrected chi connectivity index (χ2v) is 8.14. The first-order valence-corrected chi connectivity index (χ1v) is 9.56. The fraction of sp³-hybridized carbons (Fsp3) is 0.316. The van der Waals surface area contributed by atoms with Crippen molar-refractivity contribution in [2.75, 3.05) is 13.1 Å². The second-order valence-electron chi connectivity index (χ2n) is 6.27. The van der Waals surface area contributed by atoms with E-state index in [-0.39, 0.29) is 18.0 Å². The van der Waals surface area contributed by atoms with E-state index in [9.17, 15) is 13.2 Å². The fourth-order valence-electron chi connectivity index (χ4n) is 3.06.